The van der Waals surface area contributed by atoms with Crippen LogP contribution in [0.15, 0.2) is 42.5 Å². The Kier molecular flexibility index (Phi) is 6.06. The molecular formula is C16H20O2. The molecule has 0 atom stereocenters. The summed E-state index contributed by atoms with van der Waals surface area (Å²) in [5, 5.41) is 0. The van der Waals surface area contributed by atoms with E-state index in [1.807, 2.05) is 38.1 Å². The maximum absolute atomic E-state index is 11.7. The molecule has 0 saturated heterocycles. The highest BCUT2D eigenvalue weighted by Crippen LogP contribution is 2.06. The largest absolute Gasteiger partial charge is 0.299 e. The molecule has 0 unspecified atom stereocenters. The predicted octanol–water partition coefficient (Wildman–Crippen LogP) is 3.82. The van der Waals surface area contributed by atoms with Gasteiger partial charge in [0.15, 0.2) is 5.78 Å². The van der Waals surface area contributed by atoms with Gasteiger partial charge in [-0.15, -0.1) is 0 Å². The van der Waals surface area contributed by atoms with E-state index in [1.54, 1.807) is 18.2 Å². The second kappa shape index (κ2) is 7.59. The van der Waals surface area contributed by atoms with E-state index >= 15 is 0 Å². The van der Waals surface area contributed by atoms with E-state index in [0.29, 0.717) is 12.0 Å². The summed E-state index contributed by atoms with van der Waals surface area (Å²) in [6.45, 7) is 3.83. The Morgan fingerprint density at radius 3 is 2.44 bits per heavy atom. The maximum atomic E-state index is 11.7. The first kappa shape index (κ1) is 14.4. The number of hydrogen-bond acceptors (Lipinski definition) is 2. The standard InChI is InChI=1S/C16H20O2/c1-13(2)15(17)11-7-4-8-12-16(18)14-9-5-3-6-10-14/h3,5-6,8-10,12-13H,4,7,11H2,1-2H3/b12-8+. The lowest BCUT2D eigenvalue weighted by Gasteiger charge is -2.01. The molecule has 0 bridgehead atoms. The van der Waals surface area contributed by atoms with Crippen molar-refractivity contribution in [3.63, 3.8) is 0 Å². The van der Waals surface area contributed by atoms with Crippen LogP contribution in [0.3, 0.4) is 0 Å². The third kappa shape index (κ3) is 5.09. The van der Waals surface area contributed by atoms with Crippen LogP contribution in [0.2, 0.25) is 0 Å². The molecule has 0 aliphatic rings. The minimum absolute atomic E-state index is 0.0192. The van der Waals surface area contributed by atoms with Crippen molar-refractivity contribution in [1.29, 1.82) is 0 Å². The molecule has 0 saturated carbocycles. The Morgan fingerprint density at radius 2 is 1.83 bits per heavy atom. The van der Waals surface area contributed by atoms with Gasteiger partial charge in [0, 0.05) is 17.9 Å². The molecule has 0 aromatic heterocycles. The molecule has 2 nitrogen and oxygen atoms in total. The highest BCUT2D eigenvalue weighted by atomic mass is 16.1. The van der Waals surface area contributed by atoms with Crippen LogP contribution in [0, 0.1) is 5.92 Å². The molecule has 0 radical (unpaired) electrons. The monoisotopic (exact) mass is 244 g/mol. The number of rotatable bonds is 7. The van der Waals surface area contributed by atoms with Crippen molar-refractivity contribution in [2.45, 2.75) is 33.1 Å². The van der Waals surface area contributed by atoms with Crippen molar-refractivity contribution in [2.24, 2.45) is 5.92 Å². The first-order valence-electron chi connectivity index (χ1n) is 6.40. The second-order valence-corrected chi connectivity index (χ2v) is 4.65. The van der Waals surface area contributed by atoms with Crippen LogP contribution in [-0.2, 0) is 4.79 Å². The van der Waals surface area contributed by atoms with Gasteiger partial charge in [-0.25, -0.2) is 0 Å². The van der Waals surface area contributed by atoms with Crippen LogP contribution >= 0.6 is 0 Å². The van der Waals surface area contributed by atoms with Gasteiger partial charge in [-0.1, -0.05) is 50.3 Å². The molecule has 0 N–H and O–H groups in total. The highest BCUT2D eigenvalue weighted by Gasteiger charge is 2.05. The second-order valence-electron chi connectivity index (χ2n) is 4.65. The van der Waals surface area contributed by atoms with Crippen molar-refractivity contribution < 1.29 is 9.59 Å². The van der Waals surface area contributed by atoms with Gasteiger partial charge in [0.25, 0.3) is 0 Å². The average molecular weight is 244 g/mol. The average Bonchev–Trinajstić information content (AvgIpc) is 2.38. The summed E-state index contributed by atoms with van der Waals surface area (Å²) >= 11 is 0. The fraction of sp³-hybridized carbons (Fsp3) is 0.375. The molecule has 0 spiro atoms. The van der Waals surface area contributed by atoms with Crippen molar-refractivity contribution >= 4 is 11.6 Å². The Labute approximate surface area is 109 Å². The van der Waals surface area contributed by atoms with Gasteiger partial charge in [-0.05, 0) is 18.9 Å². The van der Waals surface area contributed by atoms with Crippen molar-refractivity contribution in [1.82, 2.24) is 0 Å². The van der Waals surface area contributed by atoms with Crippen LogP contribution in [0.25, 0.3) is 0 Å². The van der Waals surface area contributed by atoms with E-state index < -0.39 is 0 Å². The first-order chi connectivity index (χ1) is 8.61. The molecule has 96 valence electrons. The van der Waals surface area contributed by atoms with Crippen molar-refractivity contribution in [3.05, 3.63) is 48.0 Å². The summed E-state index contributed by atoms with van der Waals surface area (Å²) in [5.41, 5.74) is 0.701. The normalized spacial score (nSPS) is 11.1. The molecule has 0 amide bonds. The number of unbranched alkanes of at least 4 members (excludes halogenated alkanes) is 1. The summed E-state index contributed by atoms with van der Waals surface area (Å²) in [7, 11) is 0. The summed E-state index contributed by atoms with van der Waals surface area (Å²) in [5.74, 6) is 0.420. The lowest BCUT2D eigenvalue weighted by Crippen LogP contribution is -2.05. The number of carbonyl (C=O) groups is 2. The molecule has 0 aliphatic heterocycles. The Balaban J connectivity index is 2.29. The van der Waals surface area contributed by atoms with Crippen LogP contribution in [0.4, 0.5) is 0 Å². The molecule has 2 heteroatoms. The van der Waals surface area contributed by atoms with E-state index in [9.17, 15) is 9.59 Å². The minimum atomic E-state index is 0.0192. The van der Waals surface area contributed by atoms with E-state index in [2.05, 4.69) is 0 Å². The fourth-order valence-corrected chi connectivity index (χ4v) is 1.57. The smallest absolute Gasteiger partial charge is 0.185 e. The van der Waals surface area contributed by atoms with E-state index in [1.165, 1.54) is 0 Å². The van der Waals surface area contributed by atoms with E-state index in [4.69, 9.17) is 0 Å². The fourth-order valence-electron chi connectivity index (χ4n) is 1.57. The van der Waals surface area contributed by atoms with Gasteiger partial charge in [-0.3, -0.25) is 9.59 Å². The maximum Gasteiger partial charge on any atom is 0.185 e. The molecule has 0 fully saturated rings. The van der Waals surface area contributed by atoms with Crippen LogP contribution in [0.1, 0.15) is 43.5 Å². The zero-order valence-electron chi connectivity index (χ0n) is 11.1. The Hall–Kier alpha value is -1.70. The zero-order valence-corrected chi connectivity index (χ0v) is 11.1. The molecule has 0 heterocycles. The number of allylic oxidation sites excluding steroid dienone is 2. The number of hydrogen-bond donors (Lipinski definition) is 0. The Bertz CT molecular complexity index is 416. The molecule has 1 aromatic rings. The van der Waals surface area contributed by atoms with Crippen molar-refractivity contribution in [3.8, 4) is 0 Å². The molecule has 1 aromatic carbocycles. The molecule has 1 rings (SSSR count). The van der Waals surface area contributed by atoms with Crippen molar-refractivity contribution in [2.75, 3.05) is 0 Å². The third-order valence-electron chi connectivity index (χ3n) is 2.77. The lowest BCUT2D eigenvalue weighted by atomic mass is 10.0. The van der Waals surface area contributed by atoms with Gasteiger partial charge in [0.05, 0.1) is 0 Å². The van der Waals surface area contributed by atoms with Gasteiger partial charge in [0.1, 0.15) is 5.78 Å². The number of carbonyl (C=O) groups excluding carboxylic acids is 2. The van der Waals surface area contributed by atoms with Gasteiger partial charge in [0.2, 0.25) is 0 Å². The zero-order chi connectivity index (χ0) is 13.4. The third-order valence-corrected chi connectivity index (χ3v) is 2.77. The van der Waals surface area contributed by atoms with Gasteiger partial charge in [-0.2, -0.15) is 0 Å². The van der Waals surface area contributed by atoms with E-state index in [0.717, 1.165) is 12.8 Å². The van der Waals surface area contributed by atoms with Crippen LogP contribution in [0.5, 0.6) is 0 Å². The summed E-state index contributed by atoms with van der Waals surface area (Å²) in [6, 6.07) is 9.19. The predicted molar refractivity (Wildman–Crippen MR) is 73.6 cm³/mol. The summed E-state index contributed by atoms with van der Waals surface area (Å²) in [6.07, 6.45) is 5.63. The summed E-state index contributed by atoms with van der Waals surface area (Å²) < 4.78 is 0. The van der Waals surface area contributed by atoms with Crippen LogP contribution < -0.4 is 0 Å². The topological polar surface area (TPSA) is 34.1 Å². The van der Waals surface area contributed by atoms with E-state index in [-0.39, 0.29) is 17.5 Å². The molecule has 0 aliphatic carbocycles. The number of benzene rings is 1. The SMILES string of the molecule is CC(C)C(=O)CCC/C=C/C(=O)c1ccccc1. The first-order valence-corrected chi connectivity index (χ1v) is 6.40. The van der Waals surface area contributed by atoms with Gasteiger partial charge < -0.3 is 0 Å². The number of ketones is 2. The highest BCUT2D eigenvalue weighted by molar-refractivity contribution is 6.04. The number of Topliss-reactive ketones (excluding diaryl/α,β-unsaturated/α-hetero) is 1. The quantitative estimate of drug-likeness (QED) is 0.415. The Morgan fingerprint density at radius 1 is 1.17 bits per heavy atom. The minimum Gasteiger partial charge on any atom is -0.299 e. The summed E-state index contributed by atoms with van der Waals surface area (Å²) in [4.78, 5) is 23.1. The molecule has 18 heavy (non-hydrogen) atoms. The molecular weight excluding hydrogens is 224 g/mol. The lowest BCUT2D eigenvalue weighted by molar-refractivity contribution is -0.121. The van der Waals surface area contributed by atoms with Crippen LogP contribution in [-0.4, -0.2) is 11.6 Å². The van der Waals surface area contributed by atoms with Gasteiger partial charge >= 0.3 is 0 Å².